The molecule has 2 N–H and O–H groups in total. The molecular formula is C16H24N6. The van der Waals surface area contributed by atoms with Gasteiger partial charge in [-0.3, -0.25) is 0 Å². The van der Waals surface area contributed by atoms with Crippen molar-refractivity contribution >= 4 is 22.8 Å². The van der Waals surface area contributed by atoms with Gasteiger partial charge in [0.25, 0.3) is 0 Å². The first-order chi connectivity index (χ1) is 10.5. The molecule has 2 aromatic heterocycles. The van der Waals surface area contributed by atoms with Crippen LogP contribution in [0.3, 0.4) is 0 Å². The lowest BCUT2D eigenvalue weighted by molar-refractivity contribution is 0.330. The minimum atomic E-state index is 0.382. The van der Waals surface area contributed by atoms with Gasteiger partial charge >= 0.3 is 0 Å². The van der Waals surface area contributed by atoms with Gasteiger partial charge in [-0.15, -0.1) is 0 Å². The highest BCUT2D eigenvalue weighted by Crippen LogP contribution is 2.26. The number of fused-ring (bicyclic) bond motifs is 1. The first-order valence-electron chi connectivity index (χ1n) is 7.78. The molecule has 6 nitrogen and oxygen atoms in total. The van der Waals surface area contributed by atoms with E-state index in [4.69, 9.17) is 0 Å². The molecule has 1 fully saturated rings. The smallest absolute Gasteiger partial charge is 0.226 e. The SMILES string of the molecule is CNc1nc(NC2CC(C)N(C)C2)nc2nc(C)cc(C)c12. The standard InChI is InChI=1S/C16H24N6/c1-9-6-10(2)18-15-13(9)14(17-4)20-16(21-15)19-12-7-11(3)22(5)8-12/h6,11-12H,7-8H2,1-5H3,(H2,17,18,19,20,21). The number of pyridine rings is 1. The summed E-state index contributed by atoms with van der Waals surface area (Å²) in [6.45, 7) is 7.32. The van der Waals surface area contributed by atoms with Crippen LogP contribution in [0.5, 0.6) is 0 Å². The Kier molecular flexibility index (Phi) is 3.87. The van der Waals surface area contributed by atoms with E-state index < -0.39 is 0 Å². The normalized spacial score (nSPS) is 22.2. The largest absolute Gasteiger partial charge is 0.372 e. The van der Waals surface area contributed by atoms with Crippen LogP contribution < -0.4 is 10.6 Å². The highest BCUT2D eigenvalue weighted by Gasteiger charge is 2.26. The summed E-state index contributed by atoms with van der Waals surface area (Å²) >= 11 is 0. The summed E-state index contributed by atoms with van der Waals surface area (Å²) < 4.78 is 0. The summed E-state index contributed by atoms with van der Waals surface area (Å²) in [6, 6.07) is 3.03. The van der Waals surface area contributed by atoms with Gasteiger partial charge in [0.15, 0.2) is 5.65 Å². The van der Waals surface area contributed by atoms with Gasteiger partial charge in [-0.05, 0) is 45.9 Å². The van der Waals surface area contributed by atoms with E-state index in [2.05, 4.69) is 57.4 Å². The minimum absolute atomic E-state index is 0.382. The lowest BCUT2D eigenvalue weighted by atomic mass is 10.1. The van der Waals surface area contributed by atoms with Gasteiger partial charge in [0.05, 0.1) is 5.39 Å². The van der Waals surface area contributed by atoms with Crippen LogP contribution in [-0.2, 0) is 0 Å². The molecule has 1 saturated heterocycles. The van der Waals surface area contributed by atoms with Crippen LogP contribution in [0.15, 0.2) is 6.07 Å². The lowest BCUT2D eigenvalue weighted by Gasteiger charge is -2.15. The Bertz CT molecular complexity index is 689. The zero-order valence-corrected chi connectivity index (χ0v) is 13.9. The van der Waals surface area contributed by atoms with Crippen LogP contribution in [0.1, 0.15) is 24.6 Å². The third kappa shape index (κ3) is 2.70. The average molecular weight is 300 g/mol. The van der Waals surface area contributed by atoms with Crippen LogP contribution in [0, 0.1) is 13.8 Å². The van der Waals surface area contributed by atoms with Gasteiger partial charge in [0.2, 0.25) is 5.95 Å². The van der Waals surface area contributed by atoms with Crippen molar-refractivity contribution in [2.24, 2.45) is 0 Å². The Hall–Kier alpha value is -1.95. The molecular weight excluding hydrogens is 276 g/mol. The van der Waals surface area contributed by atoms with Crippen molar-refractivity contribution in [2.75, 3.05) is 31.3 Å². The first kappa shape index (κ1) is 15.0. The molecule has 0 spiro atoms. The molecule has 0 radical (unpaired) electrons. The summed E-state index contributed by atoms with van der Waals surface area (Å²) in [5.74, 6) is 1.48. The van der Waals surface area contributed by atoms with Gasteiger partial charge in [-0.1, -0.05) is 0 Å². The summed E-state index contributed by atoms with van der Waals surface area (Å²) in [5, 5.41) is 7.63. The zero-order valence-electron chi connectivity index (χ0n) is 13.9. The quantitative estimate of drug-likeness (QED) is 0.906. The lowest BCUT2D eigenvalue weighted by Crippen LogP contribution is -2.25. The Morgan fingerprint density at radius 1 is 1.23 bits per heavy atom. The number of aryl methyl sites for hydroxylation is 2. The van der Waals surface area contributed by atoms with E-state index in [0.717, 1.165) is 41.1 Å². The fourth-order valence-corrected chi connectivity index (χ4v) is 3.20. The molecule has 1 aliphatic rings. The number of rotatable bonds is 3. The van der Waals surface area contributed by atoms with E-state index in [1.807, 2.05) is 14.0 Å². The number of likely N-dealkylation sites (tertiary alicyclic amines) is 1. The molecule has 0 aromatic carbocycles. The van der Waals surface area contributed by atoms with E-state index in [9.17, 15) is 0 Å². The molecule has 3 heterocycles. The molecule has 0 saturated carbocycles. The van der Waals surface area contributed by atoms with E-state index >= 15 is 0 Å². The first-order valence-corrected chi connectivity index (χ1v) is 7.78. The van der Waals surface area contributed by atoms with Crippen molar-refractivity contribution in [3.05, 3.63) is 17.3 Å². The van der Waals surface area contributed by atoms with Gasteiger partial charge in [0, 0.05) is 31.4 Å². The molecule has 1 aliphatic heterocycles. The number of aromatic nitrogens is 3. The predicted octanol–water partition coefficient (Wildman–Crippen LogP) is 2.19. The summed E-state index contributed by atoms with van der Waals surface area (Å²) in [4.78, 5) is 16.2. The van der Waals surface area contributed by atoms with E-state index in [0.29, 0.717) is 18.0 Å². The molecule has 118 valence electrons. The summed E-state index contributed by atoms with van der Waals surface area (Å²) in [7, 11) is 4.04. The molecule has 0 amide bonds. The highest BCUT2D eigenvalue weighted by atomic mass is 15.2. The highest BCUT2D eigenvalue weighted by molar-refractivity contribution is 5.90. The summed E-state index contributed by atoms with van der Waals surface area (Å²) in [5.41, 5.74) is 2.87. The maximum Gasteiger partial charge on any atom is 0.226 e. The maximum absolute atomic E-state index is 4.63. The fourth-order valence-electron chi connectivity index (χ4n) is 3.20. The van der Waals surface area contributed by atoms with Crippen LogP contribution in [0.25, 0.3) is 11.0 Å². The number of nitrogens with zero attached hydrogens (tertiary/aromatic N) is 4. The maximum atomic E-state index is 4.63. The van der Waals surface area contributed by atoms with E-state index in [-0.39, 0.29) is 0 Å². The number of hydrogen-bond acceptors (Lipinski definition) is 6. The average Bonchev–Trinajstić information content (AvgIpc) is 2.75. The fraction of sp³-hybridized carbons (Fsp3) is 0.562. The second kappa shape index (κ2) is 5.68. The number of likely N-dealkylation sites (N-methyl/N-ethyl adjacent to an activating group) is 1. The Balaban J connectivity index is 1.97. The second-order valence-corrected chi connectivity index (χ2v) is 6.29. The van der Waals surface area contributed by atoms with Crippen molar-refractivity contribution in [3.63, 3.8) is 0 Å². The van der Waals surface area contributed by atoms with Crippen LogP contribution >= 0.6 is 0 Å². The number of nitrogens with one attached hydrogen (secondary N) is 2. The number of hydrogen-bond donors (Lipinski definition) is 2. The summed E-state index contributed by atoms with van der Waals surface area (Å²) in [6.07, 6.45) is 1.10. The van der Waals surface area contributed by atoms with Crippen LogP contribution in [-0.4, -0.2) is 52.6 Å². The van der Waals surface area contributed by atoms with Crippen molar-refractivity contribution in [1.82, 2.24) is 19.9 Å². The topological polar surface area (TPSA) is 66.0 Å². The third-order valence-electron chi connectivity index (χ3n) is 4.45. The second-order valence-electron chi connectivity index (χ2n) is 6.29. The van der Waals surface area contributed by atoms with Crippen LogP contribution in [0.4, 0.5) is 11.8 Å². The molecule has 3 rings (SSSR count). The number of anilines is 2. The Labute approximate surface area is 131 Å². The molecule has 0 bridgehead atoms. The molecule has 0 aliphatic carbocycles. The van der Waals surface area contributed by atoms with Crippen LogP contribution in [0.2, 0.25) is 0 Å². The molecule has 22 heavy (non-hydrogen) atoms. The third-order valence-corrected chi connectivity index (χ3v) is 4.45. The zero-order chi connectivity index (χ0) is 15.9. The van der Waals surface area contributed by atoms with Gasteiger partial charge < -0.3 is 15.5 Å². The van der Waals surface area contributed by atoms with Gasteiger partial charge in [0.1, 0.15) is 5.82 Å². The monoisotopic (exact) mass is 300 g/mol. The molecule has 2 atom stereocenters. The van der Waals surface area contributed by atoms with Crippen molar-refractivity contribution in [1.29, 1.82) is 0 Å². The molecule has 2 aromatic rings. The van der Waals surface area contributed by atoms with Crippen molar-refractivity contribution in [3.8, 4) is 0 Å². The minimum Gasteiger partial charge on any atom is -0.372 e. The van der Waals surface area contributed by atoms with Gasteiger partial charge in [-0.2, -0.15) is 9.97 Å². The molecule has 6 heteroatoms. The van der Waals surface area contributed by atoms with Crippen molar-refractivity contribution < 1.29 is 0 Å². The van der Waals surface area contributed by atoms with Gasteiger partial charge in [-0.25, -0.2) is 4.98 Å². The van der Waals surface area contributed by atoms with E-state index in [1.165, 1.54) is 0 Å². The van der Waals surface area contributed by atoms with E-state index in [1.54, 1.807) is 0 Å². The predicted molar refractivity (Wildman–Crippen MR) is 90.5 cm³/mol. The Morgan fingerprint density at radius 2 is 2.00 bits per heavy atom. The molecule has 2 unspecified atom stereocenters. The van der Waals surface area contributed by atoms with Crippen molar-refractivity contribution in [2.45, 2.75) is 39.3 Å². The Morgan fingerprint density at radius 3 is 2.64 bits per heavy atom.